The molecule has 0 radical (unpaired) electrons. The number of hydrogen-bond donors (Lipinski definition) is 0. The van der Waals surface area contributed by atoms with Crippen molar-refractivity contribution in [1.29, 1.82) is 0 Å². The van der Waals surface area contributed by atoms with E-state index in [0.717, 1.165) is 24.1 Å². The first-order valence-corrected chi connectivity index (χ1v) is 17.8. The molecule has 0 amide bonds. The number of halogens is 1. The molecule has 0 N–H and O–H groups in total. The summed E-state index contributed by atoms with van der Waals surface area (Å²) >= 11 is 2.67. The van der Waals surface area contributed by atoms with Gasteiger partial charge in [0.15, 0.2) is 0 Å². The summed E-state index contributed by atoms with van der Waals surface area (Å²) < 4.78 is 1.39. The van der Waals surface area contributed by atoms with Gasteiger partial charge in [0, 0.05) is 47.0 Å². The van der Waals surface area contributed by atoms with Crippen molar-refractivity contribution in [1.82, 2.24) is 0 Å². The van der Waals surface area contributed by atoms with E-state index in [1.165, 1.54) is 98.1 Å². The molecular formula is C30H46IN3S. The van der Waals surface area contributed by atoms with Crippen molar-refractivity contribution in [2.75, 3.05) is 36.0 Å². The van der Waals surface area contributed by atoms with Crippen LogP contribution in [0.25, 0.3) is 0 Å². The van der Waals surface area contributed by atoms with Crippen LogP contribution in [0.2, 0.25) is 0 Å². The van der Waals surface area contributed by atoms with Crippen LogP contribution < -0.4 is 15.2 Å². The molecule has 0 saturated heterocycles. The number of anilines is 2. The van der Waals surface area contributed by atoms with Gasteiger partial charge in [-0.05, 0) is 83.3 Å². The highest BCUT2D eigenvalue weighted by Gasteiger charge is 2.16. The van der Waals surface area contributed by atoms with E-state index in [4.69, 9.17) is 4.99 Å². The lowest BCUT2D eigenvalue weighted by atomic mass is 10.1. The highest BCUT2D eigenvalue weighted by molar-refractivity contribution is 14.2. The Labute approximate surface area is 228 Å². The summed E-state index contributed by atoms with van der Waals surface area (Å²) in [6.07, 6.45) is 12.9. The molecule has 0 bridgehead atoms. The molecule has 1 aliphatic rings. The fourth-order valence-electron chi connectivity index (χ4n) is 4.86. The number of rotatable bonds is 16. The van der Waals surface area contributed by atoms with E-state index in [2.05, 4.69) is 95.1 Å². The predicted octanol–water partition coefficient (Wildman–Crippen LogP) is 9.47. The molecule has 5 heteroatoms. The average molecular weight is 608 g/mol. The van der Waals surface area contributed by atoms with E-state index in [0.29, 0.717) is 0 Å². The van der Waals surface area contributed by atoms with Gasteiger partial charge < -0.3 is 9.80 Å². The zero-order chi connectivity index (χ0) is 25.0. The van der Waals surface area contributed by atoms with Crippen molar-refractivity contribution in [2.45, 2.75) is 96.8 Å². The molecule has 1 heterocycles. The molecule has 0 aromatic heterocycles. The van der Waals surface area contributed by atoms with E-state index < -0.39 is 0 Å². The summed E-state index contributed by atoms with van der Waals surface area (Å²) in [5.74, 6) is 0. The Bertz CT molecular complexity index is 1030. The lowest BCUT2D eigenvalue weighted by Gasteiger charge is -2.27. The molecule has 2 aromatic rings. The third kappa shape index (κ3) is 7.95. The standard InChI is InChI=1S/C30H46IN3S/c1-5-9-11-13-21-34(22-14-12-10-6-2)26-16-18-28-30(24-26)35(31)29-23-25(15-17-27(29)32-28)33(19-7-3)20-8-4/h15-18,23-24H,5-14,19-22H2,1-4H3. The maximum atomic E-state index is 5.09. The van der Waals surface area contributed by atoms with Crippen LogP contribution in [0, 0.1) is 4.51 Å². The molecule has 0 aliphatic carbocycles. The SMILES string of the molecule is CCCCCCN(CCCCCC)c1ccc2c(c1)S(I)=c1cc(N(CCC)CCC)ccc1=N2. The third-order valence-corrected chi connectivity index (χ3v) is 11.1. The smallest absolute Gasteiger partial charge is 0.0777 e. The minimum absolute atomic E-state index is 0.00382. The minimum Gasteiger partial charge on any atom is -0.372 e. The van der Waals surface area contributed by atoms with E-state index >= 15 is 0 Å². The fraction of sp³-hybridized carbons (Fsp3) is 0.600. The van der Waals surface area contributed by atoms with Crippen LogP contribution in [0.1, 0.15) is 91.9 Å². The molecule has 0 saturated carbocycles. The van der Waals surface area contributed by atoms with Crippen molar-refractivity contribution in [3.05, 3.63) is 46.3 Å². The Kier molecular flexibility index (Phi) is 12.4. The number of unbranched alkanes of at least 4 members (excludes halogenated alkanes) is 6. The summed E-state index contributed by atoms with van der Waals surface area (Å²) in [5.41, 5.74) is 3.90. The molecule has 0 fully saturated rings. The topological polar surface area (TPSA) is 18.8 Å². The van der Waals surface area contributed by atoms with Crippen LogP contribution in [0.3, 0.4) is 0 Å². The summed E-state index contributed by atoms with van der Waals surface area (Å²) in [6.45, 7) is 13.7. The van der Waals surface area contributed by atoms with Crippen molar-refractivity contribution >= 4 is 45.9 Å². The fourth-order valence-corrected chi connectivity index (χ4v) is 8.25. The number of fused-ring (bicyclic) bond motifs is 2. The minimum atomic E-state index is 0.00382. The van der Waals surface area contributed by atoms with Gasteiger partial charge in [-0.1, -0.05) is 73.9 Å². The number of hydrogen-bond acceptors (Lipinski definition) is 3. The molecule has 1 atom stereocenters. The predicted molar refractivity (Wildman–Crippen MR) is 166 cm³/mol. The first kappa shape index (κ1) is 28.5. The van der Waals surface area contributed by atoms with E-state index in [1.54, 1.807) is 0 Å². The maximum Gasteiger partial charge on any atom is 0.0777 e. The Hall–Kier alpha value is -1.08. The van der Waals surface area contributed by atoms with Gasteiger partial charge in [-0.25, -0.2) is 4.99 Å². The summed E-state index contributed by atoms with van der Waals surface area (Å²) in [4.78, 5) is 11.7. The molecule has 1 unspecified atom stereocenters. The van der Waals surface area contributed by atoms with E-state index in [-0.39, 0.29) is 7.66 Å². The van der Waals surface area contributed by atoms with Crippen molar-refractivity contribution in [3.63, 3.8) is 0 Å². The molecule has 3 rings (SSSR count). The number of nitrogens with zero attached hydrogens (tertiary/aromatic N) is 3. The summed E-state index contributed by atoms with van der Waals surface area (Å²) in [6, 6.07) is 14.0. The first-order chi connectivity index (χ1) is 17.1. The van der Waals surface area contributed by atoms with E-state index in [1.807, 2.05) is 0 Å². The molecule has 2 aromatic carbocycles. The molecule has 1 aliphatic heterocycles. The van der Waals surface area contributed by atoms with Gasteiger partial charge in [0.25, 0.3) is 0 Å². The Morgan fingerprint density at radius 1 is 0.657 bits per heavy atom. The normalized spacial score (nSPS) is 14.3. The summed E-state index contributed by atoms with van der Waals surface area (Å²) in [5, 5.41) is 1.15. The lowest BCUT2D eigenvalue weighted by Crippen LogP contribution is -2.26. The van der Waals surface area contributed by atoms with Gasteiger partial charge in [-0.3, -0.25) is 0 Å². The zero-order valence-corrected chi connectivity index (χ0v) is 25.5. The second kappa shape index (κ2) is 15.2. The van der Waals surface area contributed by atoms with Crippen LogP contribution in [-0.2, 0) is 0 Å². The first-order valence-electron chi connectivity index (χ1n) is 14.0. The third-order valence-electron chi connectivity index (χ3n) is 6.79. The molecular weight excluding hydrogens is 561 g/mol. The average Bonchev–Trinajstić information content (AvgIpc) is 2.87. The van der Waals surface area contributed by atoms with Gasteiger partial charge in [-0.15, -0.1) is 0 Å². The monoisotopic (exact) mass is 607 g/mol. The van der Waals surface area contributed by atoms with Gasteiger partial charge in [0.05, 0.1) is 11.0 Å². The quantitative estimate of drug-likeness (QED) is 0.108. The van der Waals surface area contributed by atoms with Crippen molar-refractivity contribution in [2.24, 2.45) is 4.99 Å². The van der Waals surface area contributed by atoms with Crippen LogP contribution in [0.15, 0.2) is 46.3 Å². The van der Waals surface area contributed by atoms with Crippen molar-refractivity contribution in [3.8, 4) is 0 Å². The molecule has 194 valence electrons. The van der Waals surface area contributed by atoms with Crippen LogP contribution >= 0.6 is 28.9 Å². The summed E-state index contributed by atoms with van der Waals surface area (Å²) in [7, 11) is 0.00382. The maximum absolute atomic E-state index is 5.09. The molecule has 35 heavy (non-hydrogen) atoms. The molecule has 3 nitrogen and oxygen atoms in total. The Balaban J connectivity index is 1.91. The number of benzene rings is 2. The van der Waals surface area contributed by atoms with Gasteiger partial charge in [0.2, 0.25) is 0 Å². The van der Waals surface area contributed by atoms with Crippen LogP contribution in [0.4, 0.5) is 17.1 Å². The molecule has 0 spiro atoms. The largest absolute Gasteiger partial charge is 0.372 e. The van der Waals surface area contributed by atoms with E-state index in [9.17, 15) is 0 Å². The van der Waals surface area contributed by atoms with Gasteiger partial charge in [0.1, 0.15) is 0 Å². The highest BCUT2D eigenvalue weighted by atomic mass is 127. The van der Waals surface area contributed by atoms with Crippen LogP contribution in [-0.4, -0.2) is 26.2 Å². The van der Waals surface area contributed by atoms with Gasteiger partial charge >= 0.3 is 0 Å². The zero-order valence-electron chi connectivity index (χ0n) is 22.5. The Morgan fingerprint density at radius 2 is 1.23 bits per heavy atom. The highest BCUT2D eigenvalue weighted by Crippen LogP contribution is 2.46. The lowest BCUT2D eigenvalue weighted by molar-refractivity contribution is 0.608. The Morgan fingerprint density at radius 3 is 1.83 bits per heavy atom. The second-order valence-corrected chi connectivity index (χ2v) is 13.8. The van der Waals surface area contributed by atoms with Crippen molar-refractivity contribution < 1.29 is 0 Å². The van der Waals surface area contributed by atoms with Crippen LogP contribution in [0.5, 0.6) is 0 Å². The second-order valence-electron chi connectivity index (χ2n) is 9.77. The van der Waals surface area contributed by atoms with Gasteiger partial charge in [-0.2, -0.15) is 0 Å².